The van der Waals surface area contributed by atoms with Crippen LogP contribution < -0.4 is 4.74 Å². The first kappa shape index (κ1) is 19.1. The van der Waals surface area contributed by atoms with Gasteiger partial charge in [-0.05, 0) is 36.4 Å². The topological polar surface area (TPSA) is 51.7 Å². The van der Waals surface area contributed by atoms with E-state index in [0.717, 1.165) is 15.7 Å². The van der Waals surface area contributed by atoms with Gasteiger partial charge < -0.3 is 14.4 Å². The van der Waals surface area contributed by atoms with E-state index in [1.165, 1.54) is 0 Å². The third-order valence-electron chi connectivity index (χ3n) is 3.55. The van der Waals surface area contributed by atoms with Gasteiger partial charge in [-0.25, -0.2) is 0 Å². The number of benzene rings is 1. The number of nitrogens with zero attached hydrogens (tertiary/aromatic N) is 2. The number of halogens is 1. The molecule has 1 heterocycles. The Balaban J connectivity index is 2.14. The standard InChI is InChI=1S/C19H21BrN2O3/c1-24-12-11-22(14-17-5-3-4-10-21-17)19(23)9-6-15-13-16(20)7-8-18(15)25-2/h3-10,13H,11-12,14H2,1-2H3/b9-6+. The zero-order chi connectivity index (χ0) is 18.1. The highest BCUT2D eigenvalue weighted by Crippen LogP contribution is 2.24. The molecule has 0 N–H and O–H groups in total. The van der Waals surface area contributed by atoms with E-state index >= 15 is 0 Å². The molecule has 1 amide bonds. The summed E-state index contributed by atoms with van der Waals surface area (Å²) in [7, 11) is 3.22. The molecule has 2 aromatic rings. The summed E-state index contributed by atoms with van der Waals surface area (Å²) in [6, 6.07) is 11.3. The third kappa shape index (κ3) is 5.99. The minimum absolute atomic E-state index is 0.107. The van der Waals surface area contributed by atoms with Crippen LogP contribution in [0.25, 0.3) is 6.08 Å². The number of amides is 1. The Morgan fingerprint density at radius 3 is 2.80 bits per heavy atom. The van der Waals surface area contributed by atoms with Gasteiger partial charge in [-0.2, -0.15) is 0 Å². The Bertz CT molecular complexity index is 720. The van der Waals surface area contributed by atoms with E-state index in [0.29, 0.717) is 25.4 Å². The molecule has 0 atom stereocenters. The highest BCUT2D eigenvalue weighted by Gasteiger charge is 2.12. The lowest BCUT2D eigenvalue weighted by Gasteiger charge is -2.20. The lowest BCUT2D eigenvalue weighted by atomic mass is 10.2. The highest BCUT2D eigenvalue weighted by molar-refractivity contribution is 9.10. The molecule has 0 fully saturated rings. The second-order valence-corrected chi connectivity index (χ2v) is 6.21. The normalized spacial score (nSPS) is 10.8. The Labute approximate surface area is 156 Å². The number of aromatic nitrogens is 1. The van der Waals surface area contributed by atoms with Crippen molar-refractivity contribution in [3.05, 3.63) is 64.4 Å². The third-order valence-corrected chi connectivity index (χ3v) is 4.05. The molecule has 0 unspecified atom stereocenters. The Kier molecular flexibility index (Phi) is 7.63. The molecule has 5 nitrogen and oxygen atoms in total. The molecule has 0 radical (unpaired) electrons. The molecular formula is C19H21BrN2O3. The van der Waals surface area contributed by atoms with Crippen molar-refractivity contribution in [3.8, 4) is 5.75 Å². The molecule has 0 spiro atoms. The first-order chi connectivity index (χ1) is 12.1. The van der Waals surface area contributed by atoms with Crippen LogP contribution in [0.5, 0.6) is 5.75 Å². The van der Waals surface area contributed by atoms with Gasteiger partial charge in [0.25, 0.3) is 0 Å². The van der Waals surface area contributed by atoms with E-state index in [2.05, 4.69) is 20.9 Å². The van der Waals surface area contributed by atoms with E-state index in [1.54, 1.807) is 37.5 Å². The summed E-state index contributed by atoms with van der Waals surface area (Å²) in [6.45, 7) is 1.39. The number of hydrogen-bond acceptors (Lipinski definition) is 4. The number of carbonyl (C=O) groups excluding carboxylic acids is 1. The van der Waals surface area contributed by atoms with E-state index in [-0.39, 0.29) is 5.91 Å². The van der Waals surface area contributed by atoms with Crippen LogP contribution in [0, 0.1) is 0 Å². The second kappa shape index (κ2) is 9.96. The van der Waals surface area contributed by atoms with Crippen LogP contribution in [0.15, 0.2) is 53.1 Å². The molecular weight excluding hydrogens is 384 g/mol. The van der Waals surface area contributed by atoms with Crippen molar-refractivity contribution in [2.45, 2.75) is 6.54 Å². The number of ether oxygens (including phenoxy) is 2. The summed E-state index contributed by atoms with van der Waals surface area (Å²) in [5.41, 5.74) is 1.66. The number of hydrogen-bond donors (Lipinski definition) is 0. The first-order valence-electron chi connectivity index (χ1n) is 7.83. The van der Waals surface area contributed by atoms with Gasteiger partial charge in [-0.3, -0.25) is 9.78 Å². The lowest BCUT2D eigenvalue weighted by molar-refractivity contribution is -0.127. The van der Waals surface area contributed by atoms with E-state index in [4.69, 9.17) is 9.47 Å². The summed E-state index contributed by atoms with van der Waals surface area (Å²) < 4.78 is 11.4. The summed E-state index contributed by atoms with van der Waals surface area (Å²) in [5.74, 6) is 0.602. The molecule has 0 saturated heterocycles. The predicted molar refractivity (Wildman–Crippen MR) is 101 cm³/mol. The molecule has 0 saturated carbocycles. The molecule has 2 rings (SSSR count). The second-order valence-electron chi connectivity index (χ2n) is 5.29. The largest absolute Gasteiger partial charge is 0.496 e. The van der Waals surface area contributed by atoms with Gasteiger partial charge >= 0.3 is 0 Å². The molecule has 1 aromatic carbocycles. The Morgan fingerprint density at radius 2 is 2.12 bits per heavy atom. The molecule has 0 aliphatic rings. The molecule has 132 valence electrons. The Hall–Kier alpha value is -2.18. The highest BCUT2D eigenvalue weighted by atomic mass is 79.9. The molecule has 0 aliphatic carbocycles. The lowest BCUT2D eigenvalue weighted by Crippen LogP contribution is -2.32. The summed E-state index contributed by atoms with van der Waals surface area (Å²) >= 11 is 3.43. The number of carbonyl (C=O) groups is 1. The molecule has 1 aromatic heterocycles. The van der Waals surface area contributed by atoms with Gasteiger partial charge in [-0.1, -0.05) is 22.0 Å². The maximum atomic E-state index is 12.6. The summed E-state index contributed by atoms with van der Waals surface area (Å²) in [6.07, 6.45) is 5.02. The minimum atomic E-state index is -0.107. The molecule has 0 bridgehead atoms. The molecule has 6 heteroatoms. The number of pyridine rings is 1. The first-order valence-corrected chi connectivity index (χ1v) is 8.62. The van der Waals surface area contributed by atoms with Gasteiger partial charge in [-0.15, -0.1) is 0 Å². The van der Waals surface area contributed by atoms with Crippen molar-refractivity contribution in [1.29, 1.82) is 0 Å². The van der Waals surface area contributed by atoms with Gasteiger partial charge in [0, 0.05) is 36.0 Å². The van der Waals surface area contributed by atoms with Crippen LogP contribution in [0.4, 0.5) is 0 Å². The van der Waals surface area contributed by atoms with Crippen LogP contribution in [0.1, 0.15) is 11.3 Å². The van der Waals surface area contributed by atoms with Gasteiger partial charge in [0.15, 0.2) is 0 Å². The fourth-order valence-corrected chi connectivity index (χ4v) is 2.64. The van der Waals surface area contributed by atoms with Gasteiger partial charge in [0.05, 0.1) is 26.0 Å². The maximum absolute atomic E-state index is 12.6. The fraction of sp³-hybridized carbons (Fsp3) is 0.263. The number of rotatable bonds is 8. The van der Waals surface area contributed by atoms with Crippen LogP contribution in [-0.4, -0.2) is 43.2 Å². The van der Waals surface area contributed by atoms with E-state index in [1.807, 2.05) is 36.4 Å². The molecule has 0 aliphatic heterocycles. The van der Waals surface area contributed by atoms with E-state index in [9.17, 15) is 4.79 Å². The van der Waals surface area contributed by atoms with Crippen LogP contribution in [0.2, 0.25) is 0 Å². The zero-order valence-electron chi connectivity index (χ0n) is 14.3. The minimum Gasteiger partial charge on any atom is -0.496 e. The van der Waals surface area contributed by atoms with Crippen molar-refractivity contribution < 1.29 is 14.3 Å². The maximum Gasteiger partial charge on any atom is 0.247 e. The zero-order valence-corrected chi connectivity index (χ0v) is 15.9. The smallest absolute Gasteiger partial charge is 0.247 e. The average Bonchev–Trinajstić information content (AvgIpc) is 2.64. The quantitative estimate of drug-likeness (QED) is 0.631. The Morgan fingerprint density at radius 1 is 1.28 bits per heavy atom. The summed E-state index contributed by atoms with van der Waals surface area (Å²) in [4.78, 5) is 18.6. The predicted octanol–water partition coefficient (Wildman–Crippen LogP) is 3.54. The van der Waals surface area contributed by atoms with Crippen LogP contribution in [-0.2, 0) is 16.1 Å². The van der Waals surface area contributed by atoms with Crippen molar-refractivity contribution in [2.24, 2.45) is 0 Å². The monoisotopic (exact) mass is 404 g/mol. The number of methoxy groups -OCH3 is 2. The van der Waals surface area contributed by atoms with Gasteiger partial charge in [0.1, 0.15) is 5.75 Å². The van der Waals surface area contributed by atoms with Gasteiger partial charge in [0.2, 0.25) is 5.91 Å². The molecule has 25 heavy (non-hydrogen) atoms. The average molecular weight is 405 g/mol. The van der Waals surface area contributed by atoms with Crippen LogP contribution in [0.3, 0.4) is 0 Å². The van der Waals surface area contributed by atoms with Crippen molar-refractivity contribution >= 4 is 27.9 Å². The fourth-order valence-electron chi connectivity index (χ4n) is 2.26. The van der Waals surface area contributed by atoms with E-state index < -0.39 is 0 Å². The van der Waals surface area contributed by atoms with Crippen molar-refractivity contribution in [2.75, 3.05) is 27.4 Å². The van der Waals surface area contributed by atoms with Crippen molar-refractivity contribution in [3.63, 3.8) is 0 Å². The summed E-state index contributed by atoms with van der Waals surface area (Å²) in [5, 5.41) is 0. The SMILES string of the molecule is COCCN(Cc1ccccn1)C(=O)/C=C/c1cc(Br)ccc1OC. The van der Waals surface area contributed by atoms with Crippen molar-refractivity contribution in [1.82, 2.24) is 9.88 Å². The van der Waals surface area contributed by atoms with Crippen LogP contribution >= 0.6 is 15.9 Å².